The minimum absolute atomic E-state index is 0.0515. The van der Waals surface area contributed by atoms with Gasteiger partial charge < -0.3 is 15.0 Å². The molecule has 1 aliphatic carbocycles. The molecule has 1 aromatic rings. The summed E-state index contributed by atoms with van der Waals surface area (Å²) >= 11 is 0. The van der Waals surface area contributed by atoms with Crippen LogP contribution in [0.25, 0.3) is 0 Å². The van der Waals surface area contributed by atoms with Crippen molar-refractivity contribution in [2.75, 3.05) is 27.2 Å². The van der Waals surface area contributed by atoms with Crippen LogP contribution in [0.2, 0.25) is 0 Å². The number of hydrogen-bond acceptors (Lipinski definition) is 4. The molecule has 1 aliphatic rings. The number of nitrogens with zero attached hydrogens (tertiary/aromatic N) is 3. The normalized spacial score (nSPS) is 26.6. The molecule has 2 rings (SSSR count). The number of likely N-dealkylation sites (N-methyl/N-ethyl adjacent to an activating group) is 1. The molecule has 1 heterocycles. The van der Waals surface area contributed by atoms with Crippen LogP contribution in [0.3, 0.4) is 0 Å². The lowest BCUT2D eigenvalue weighted by atomic mass is 9.85. The van der Waals surface area contributed by atoms with E-state index >= 15 is 0 Å². The summed E-state index contributed by atoms with van der Waals surface area (Å²) in [6, 6.07) is 0. The summed E-state index contributed by atoms with van der Waals surface area (Å²) in [4.78, 5) is 6.68. The molecule has 0 radical (unpaired) electrons. The first kappa shape index (κ1) is 15.5. The highest BCUT2D eigenvalue weighted by atomic mass is 16.3. The summed E-state index contributed by atoms with van der Waals surface area (Å²) in [5, 5.41) is 13.1. The molecule has 0 spiro atoms. The van der Waals surface area contributed by atoms with Gasteiger partial charge in [-0.2, -0.15) is 0 Å². The molecule has 1 fully saturated rings. The van der Waals surface area contributed by atoms with Crippen LogP contribution in [0.5, 0.6) is 0 Å². The lowest BCUT2D eigenvalue weighted by Gasteiger charge is -2.34. The van der Waals surface area contributed by atoms with Gasteiger partial charge in [0.15, 0.2) is 0 Å². The van der Waals surface area contributed by atoms with E-state index < -0.39 is 0 Å². The fraction of sp³-hybridized carbons (Fsp3) is 0.800. The number of aliphatic hydroxyl groups excluding tert-OH is 1. The molecule has 114 valence electrons. The minimum Gasteiger partial charge on any atom is -0.394 e. The summed E-state index contributed by atoms with van der Waals surface area (Å²) in [6.07, 6.45) is 8.48. The van der Waals surface area contributed by atoms with Gasteiger partial charge in [0, 0.05) is 25.0 Å². The maximum Gasteiger partial charge on any atom is 0.122 e. The molecule has 2 N–H and O–H groups in total. The van der Waals surface area contributed by atoms with Crippen molar-refractivity contribution in [3.8, 4) is 0 Å². The Morgan fingerprint density at radius 2 is 2.40 bits per heavy atom. The quantitative estimate of drug-likeness (QED) is 0.782. The molecule has 0 saturated heterocycles. The number of rotatable bonds is 7. The molecule has 1 saturated carbocycles. The minimum atomic E-state index is -0.0515. The summed E-state index contributed by atoms with van der Waals surface area (Å²) in [7, 11) is 6.15. The van der Waals surface area contributed by atoms with Gasteiger partial charge in [0.2, 0.25) is 0 Å². The van der Waals surface area contributed by atoms with Crippen molar-refractivity contribution in [2.24, 2.45) is 13.0 Å². The molecular weight excluding hydrogens is 252 g/mol. The summed E-state index contributed by atoms with van der Waals surface area (Å²) in [5.41, 5.74) is -0.0515. The van der Waals surface area contributed by atoms with Crippen LogP contribution in [-0.4, -0.2) is 52.3 Å². The molecule has 0 amide bonds. The largest absolute Gasteiger partial charge is 0.394 e. The second-order valence-corrected chi connectivity index (χ2v) is 6.13. The van der Waals surface area contributed by atoms with Gasteiger partial charge in [0.25, 0.3) is 0 Å². The predicted molar refractivity (Wildman–Crippen MR) is 80.4 cm³/mol. The first-order valence-electron chi connectivity index (χ1n) is 7.56. The van der Waals surface area contributed by atoms with E-state index in [9.17, 15) is 5.11 Å². The third-order valence-electron chi connectivity index (χ3n) is 4.93. The van der Waals surface area contributed by atoms with Crippen LogP contribution < -0.4 is 5.32 Å². The fourth-order valence-electron chi connectivity index (χ4n) is 3.43. The molecule has 5 nitrogen and oxygen atoms in total. The third-order valence-corrected chi connectivity index (χ3v) is 4.93. The Labute approximate surface area is 122 Å². The smallest absolute Gasteiger partial charge is 0.122 e. The van der Waals surface area contributed by atoms with Crippen LogP contribution in [0.4, 0.5) is 0 Å². The Balaban J connectivity index is 1.84. The molecule has 0 bridgehead atoms. The number of imidazole rings is 1. The molecule has 0 aromatic carbocycles. The highest BCUT2D eigenvalue weighted by Gasteiger charge is 2.40. The Hall–Kier alpha value is -0.910. The van der Waals surface area contributed by atoms with E-state index in [0.717, 1.165) is 31.8 Å². The number of nitrogens with one attached hydrogen (secondary N) is 1. The number of aromatic nitrogens is 2. The molecule has 1 aromatic heterocycles. The van der Waals surface area contributed by atoms with Crippen molar-refractivity contribution in [2.45, 2.75) is 37.8 Å². The van der Waals surface area contributed by atoms with Crippen LogP contribution in [0.1, 0.15) is 31.5 Å². The topological polar surface area (TPSA) is 53.3 Å². The lowest BCUT2D eigenvalue weighted by Crippen LogP contribution is -2.50. The van der Waals surface area contributed by atoms with Gasteiger partial charge in [-0.15, -0.1) is 0 Å². The van der Waals surface area contributed by atoms with Gasteiger partial charge in [-0.05, 0) is 45.8 Å². The van der Waals surface area contributed by atoms with Crippen LogP contribution in [-0.2, 0) is 13.6 Å². The van der Waals surface area contributed by atoms with E-state index in [1.165, 1.54) is 12.8 Å². The zero-order chi connectivity index (χ0) is 14.6. The van der Waals surface area contributed by atoms with Crippen LogP contribution in [0, 0.1) is 5.92 Å². The summed E-state index contributed by atoms with van der Waals surface area (Å²) < 4.78 is 2.07. The summed E-state index contributed by atoms with van der Waals surface area (Å²) in [6.45, 7) is 2.17. The Bertz CT molecular complexity index is 414. The van der Waals surface area contributed by atoms with E-state index in [1.54, 1.807) is 0 Å². The third kappa shape index (κ3) is 3.22. The average Bonchev–Trinajstić information content (AvgIpc) is 3.04. The van der Waals surface area contributed by atoms with Gasteiger partial charge in [-0.25, -0.2) is 4.98 Å². The molecule has 20 heavy (non-hydrogen) atoms. The Kier molecular flexibility index (Phi) is 5.18. The highest BCUT2D eigenvalue weighted by molar-refractivity contribution is 4.98. The van der Waals surface area contributed by atoms with Gasteiger partial charge >= 0.3 is 0 Å². The van der Waals surface area contributed by atoms with Gasteiger partial charge in [0.1, 0.15) is 5.82 Å². The van der Waals surface area contributed by atoms with Gasteiger partial charge in [-0.3, -0.25) is 4.90 Å². The predicted octanol–water partition coefficient (Wildman–Crippen LogP) is 0.993. The Morgan fingerprint density at radius 3 is 3.00 bits per heavy atom. The summed E-state index contributed by atoms with van der Waals surface area (Å²) in [5.74, 6) is 1.67. The highest BCUT2D eigenvalue weighted by Crippen LogP contribution is 2.37. The molecule has 0 aliphatic heterocycles. The zero-order valence-electron chi connectivity index (χ0n) is 13.0. The van der Waals surface area contributed by atoms with E-state index in [2.05, 4.69) is 26.8 Å². The molecule has 2 unspecified atom stereocenters. The van der Waals surface area contributed by atoms with E-state index in [4.69, 9.17) is 0 Å². The van der Waals surface area contributed by atoms with Crippen molar-refractivity contribution < 1.29 is 5.11 Å². The van der Waals surface area contributed by atoms with E-state index in [1.807, 2.05) is 26.5 Å². The van der Waals surface area contributed by atoms with Crippen molar-refractivity contribution >= 4 is 0 Å². The number of aryl methyl sites for hydroxylation is 1. The molecule has 2 atom stereocenters. The van der Waals surface area contributed by atoms with Crippen molar-refractivity contribution in [3.05, 3.63) is 18.2 Å². The second kappa shape index (κ2) is 6.70. The standard InChI is InChI=1S/C15H28N4O/c1-16-15(12-20)7-4-5-13(15)6-9-18(2)11-14-17-8-10-19(14)3/h8,10,13,16,20H,4-7,9,11-12H2,1-3H3. The first-order valence-corrected chi connectivity index (χ1v) is 7.56. The maximum absolute atomic E-state index is 9.71. The number of hydrogen-bond donors (Lipinski definition) is 2. The Morgan fingerprint density at radius 1 is 1.60 bits per heavy atom. The van der Waals surface area contributed by atoms with E-state index in [-0.39, 0.29) is 12.1 Å². The molecular formula is C15H28N4O. The zero-order valence-corrected chi connectivity index (χ0v) is 13.0. The van der Waals surface area contributed by atoms with Crippen molar-refractivity contribution in [3.63, 3.8) is 0 Å². The average molecular weight is 280 g/mol. The van der Waals surface area contributed by atoms with Gasteiger partial charge in [-0.1, -0.05) is 6.42 Å². The number of aliphatic hydroxyl groups is 1. The van der Waals surface area contributed by atoms with Crippen molar-refractivity contribution in [1.29, 1.82) is 0 Å². The van der Waals surface area contributed by atoms with Crippen molar-refractivity contribution in [1.82, 2.24) is 19.8 Å². The maximum atomic E-state index is 9.71. The lowest BCUT2D eigenvalue weighted by molar-refractivity contribution is 0.120. The molecule has 5 heteroatoms. The van der Waals surface area contributed by atoms with Crippen LogP contribution >= 0.6 is 0 Å². The SMILES string of the molecule is CNC1(CO)CCCC1CCN(C)Cc1nccn1C. The second-order valence-electron chi connectivity index (χ2n) is 6.13. The van der Waals surface area contributed by atoms with Crippen LogP contribution in [0.15, 0.2) is 12.4 Å². The van der Waals surface area contributed by atoms with Gasteiger partial charge in [0.05, 0.1) is 13.2 Å². The van der Waals surface area contributed by atoms with E-state index in [0.29, 0.717) is 5.92 Å². The first-order chi connectivity index (χ1) is 9.61. The fourth-order valence-corrected chi connectivity index (χ4v) is 3.43. The monoisotopic (exact) mass is 280 g/mol.